The first-order valence-electron chi connectivity index (χ1n) is 10.9. The van der Waals surface area contributed by atoms with Crippen molar-refractivity contribution in [1.82, 2.24) is 15.5 Å². The van der Waals surface area contributed by atoms with Gasteiger partial charge in [0, 0.05) is 54.5 Å². The second kappa shape index (κ2) is 11.0. The van der Waals surface area contributed by atoms with Crippen LogP contribution in [0.4, 0.5) is 0 Å². The summed E-state index contributed by atoms with van der Waals surface area (Å²) in [4.78, 5) is 14.2. The van der Waals surface area contributed by atoms with Gasteiger partial charge in [0.25, 0.3) is 0 Å². The van der Waals surface area contributed by atoms with Gasteiger partial charge < -0.3 is 10.6 Å². The lowest BCUT2D eigenvalue weighted by Crippen LogP contribution is -2.47. The van der Waals surface area contributed by atoms with Crippen molar-refractivity contribution in [2.75, 3.05) is 38.2 Å². The molecule has 0 aromatic heterocycles. The predicted molar refractivity (Wildman–Crippen MR) is 121 cm³/mol. The van der Waals surface area contributed by atoms with Gasteiger partial charge in [-0.2, -0.15) is 0 Å². The van der Waals surface area contributed by atoms with E-state index in [0.29, 0.717) is 36.8 Å². The fraction of sp³-hybridized carbons (Fsp3) is 0.609. The summed E-state index contributed by atoms with van der Waals surface area (Å²) in [6, 6.07) is 11.8. The van der Waals surface area contributed by atoms with Crippen molar-refractivity contribution >= 4 is 22.8 Å². The summed E-state index contributed by atoms with van der Waals surface area (Å²) in [6.45, 7) is 5.13. The van der Waals surface area contributed by atoms with Crippen molar-refractivity contribution in [3.8, 4) is 0 Å². The van der Waals surface area contributed by atoms with Crippen LogP contribution in [-0.2, 0) is 15.6 Å². The molecule has 5 nitrogen and oxygen atoms in total. The Hall–Kier alpha value is -1.50. The van der Waals surface area contributed by atoms with Crippen LogP contribution in [0.15, 0.2) is 35.9 Å². The van der Waals surface area contributed by atoms with E-state index in [1.165, 1.54) is 12.0 Å². The Morgan fingerprint density at radius 3 is 2.62 bits per heavy atom. The van der Waals surface area contributed by atoms with Crippen LogP contribution in [-0.4, -0.2) is 65.3 Å². The molecule has 2 aliphatic rings. The Labute approximate surface area is 177 Å². The summed E-state index contributed by atoms with van der Waals surface area (Å²) in [6.07, 6.45) is 8.57. The van der Waals surface area contributed by atoms with Gasteiger partial charge in [-0.05, 0) is 37.2 Å². The first-order valence-corrected chi connectivity index (χ1v) is 12.6. The third kappa shape index (κ3) is 7.36. The summed E-state index contributed by atoms with van der Waals surface area (Å²) in [5.41, 5.74) is 2.85. The molecule has 1 aliphatic heterocycles. The maximum absolute atomic E-state index is 12.0. The number of carbonyl (C=O) groups excluding carboxylic acids is 1. The van der Waals surface area contributed by atoms with Crippen LogP contribution in [0.25, 0.3) is 6.08 Å². The van der Waals surface area contributed by atoms with Crippen LogP contribution in [0.1, 0.15) is 38.2 Å². The zero-order valence-corrected chi connectivity index (χ0v) is 18.5. The van der Waals surface area contributed by atoms with Crippen LogP contribution in [0.3, 0.4) is 0 Å². The molecule has 1 heterocycles. The standard InChI is InChI=1S/C23H35N3O2S/c1-3-19(15-18-7-5-4-6-8-18)21-16-22(21)25-20-9-12-26(13-10-20)17-23(27)24-11-14-29(2)28/h4-8,15,20-22,25H,3,9-14,16-17H2,1-2H3,(H,24,27)/b19-15+/t21-,22+,29?/m0/s1. The highest BCUT2D eigenvalue weighted by molar-refractivity contribution is 7.84. The van der Waals surface area contributed by atoms with E-state index < -0.39 is 10.8 Å². The molecule has 2 fully saturated rings. The molecule has 1 aromatic carbocycles. The van der Waals surface area contributed by atoms with Crippen LogP contribution >= 0.6 is 0 Å². The molecule has 0 spiro atoms. The quantitative estimate of drug-likeness (QED) is 0.614. The Bertz CT molecular complexity index is 714. The van der Waals surface area contributed by atoms with Crippen molar-refractivity contribution in [3.63, 3.8) is 0 Å². The Morgan fingerprint density at radius 2 is 1.97 bits per heavy atom. The first kappa shape index (κ1) is 22.2. The Balaban J connectivity index is 1.37. The van der Waals surface area contributed by atoms with E-state index >= 15 is 0 Å². The molecule has 2 N–H and O–H groups in total. The van der Waals surface area contributed by atoms with Gasteiger partial charge in [0.05, 0.1) is 6.54 Å². The number of nitrogens with one attached hydrogen (secondary N) is 2. The van der Waals surface area contributed by atoms with Crippen LogP contribution in [0.5, 0.6) is 0 Å². The van der Waals surface area contributed by atoms with E-state index in [0.717, 1.165) is 32.4 Å². The molecule has 0 radical (unpaired) electrons. The zero-order valence-electron chi connectivity index (χ0n) is 17.7. The van der Waals surface area contributed by atoms with Gasteiger partial charge in [0.15, 0.2) is 0 Å². The fourth-order valence-corrected chi connectivity index (χ4v) is 4.57. The van der Waals surface area contributed by atoms with Gasteiger partial charge >= 0.3 is 0 Å². The van der Waals surface area contributed by atoms with Crippen molar-refractivity contribution in [3.05, 3.63) is 41.5 Å². The monoisotopic (exact) mass is 417 g/mol. The molecular weight excluding hydrogens is 382 g/mol. The lowest BCUT2D eigenvalue weighted by atomic mass is 10.0. The number of hydrogen-bond acceptors (Lipinski definition) is 4. The molecule has 1 saturated heterocycles. The fourth-order valence-electron chi connectivity index (χ4n) is 4.18. The van der Waals surface area contributed by atoms with E-state index in [-0.39, 0.29) is 5.91 Å². The average molecular weight is 418 g/mol. The number of carbonyl (C=O) groups is 1. The van der Waals surface area contributed by atoms with Gasteiger partial charge in [0.1, 0.15) is 0 Å². The lowest BCUT2D eigenvalue weighted by molar-refractivity contribution is -0.122. The third-order valence-corrected chi connectivity index (χ3v) is 6.72. The molecule has 1 aliphatic carbocycles. The molecule has 1 unspecified atom stereocenters. The molecule has 1 aromatic rings. The molecule has 3 atom stereocenters. The number of piperidine rings is 1. The molecular formula is C23H35N3O2S. The number of rotatable bonds is 10. The number of amides is 1. The lowest BCUT2D eigenvalue weighted by Gasteiger charge is -2.32. The topological polar surface area (TPSA) is 61.4 Å². The minimum absolute atomic E-state index is 0.0442. The molecule has 160 valence electrons. The van der Waals surface area contributed by atoms with E-state index in [2.05, 4.69) is 58.9 Å². The minimum atomic E-state index is -0.853. The minimum Gasteiger partial charge on any atom is -0.354 e. The van der Waals surface area contributed by atoms with Crippen molar-refractivity contribution in [1.29, 1.82) is 0 Å². The molecule has 29 heavy (non-hydrogen) atoms. The number of benzene rings is 1. The van der Waals surface area contributed by atoms with E-state index in [1.54, 1.807) is 11.8 Å². The van der Waals surface area contributed by atoms with E-state index in [9.17, 15) is 9.00 Å². The van der Waals surface area contributed by atoms with Crippen LogP contribution < -0.4 is 10.6 Å². The highest BCUT2D eigenvalue weighted by Gasteiger charge is 2.40. The van der Waals surface area contributed by atoms with Gasteiger partial charge in [-0.1, -0.05) is 48.9 Å². The second-order valence-corrected chi connectivity index (χ2v) is 9.83. The SMILES string of the molecule is CC/C(=C\c1ccccc1)[C@@H]1C[C@H]1NC1CCN(CC(=O)NCCS(C)=O)CC1. The number of likely N-dealkylation sites (tertiary alicyclic amines) is 1. The molecule has 6 heteroatoms. The smallest absolute Gasteiger partial charge is 0.234 e. The van der Waals surface area contributed by atoms with Gasteiger partial charge in [-0.3, -0.25) is 13.9 Å². The highest BCUT2D eigenvalue weighted by atomic mass is 32.2. The van der Waals surface area contributed by atoms with Crippen molar-refractivity contribution in [2.24, 2.45) is 5.92 Å². The third-order valence-electron chi connectivity index (χ3n) is 5.94. The zero-order chi connectivity index (χ0) is 20.6. The molecule has 1 amide bonds. The highest BCUT2D eigenvalue weighted by Crippen LogP contribution is 2.40. The summed E-state index contributed by atoms with van der Waals surface area (Å²) in [7, 11) is -0.853. The van der Waals surface area contributed by atoms with Crippen molar-refractivity contribution in [2.45, 2.75) is 44.7 Å². The van der Waals surface area contributed by atoms with E-state index in [1.807, 2.05) is 0 Å². The normalized spacial score (nSPS) is 24.3. The van der Waals surface area contributed by atoms with E-state index in [4.69, 9.17) is 0 Å². The average Bonchev–Trinajstić information content (AvgIpc) is 3.47. The van der Waals surface area contributed by atoms with Gasteiger partial charge in [-0.25, -0.2) is 0 Å². The summed E-state index contributed by atoms with van der Waals surface area (Å²) in [5.74, 6) is 1.24. The van der Waals surface area contributed by atoms with Crippen LogP contribution in [0, 0.1) is 5.92 Å². The number of hydrogen-bond donors (Lipinski definition) is 2. The van der Waals surface area contributed by atoms with Crippen molar-refractivity contribution < 1.29 is 9.00 Å². The summed E-state index contributed by atoms with van der Waals surface area (Å²) >= 11 is 0. The maximum atomic E-state index is 12.0. The summed E-state index contributed by atoms with van der Waals surface area (Å²) < 4.78 is 11.1. The molecule has 1 saturated carbocycles. The summed E-state index contributed by atoms with van der Waals surface area (Å²) in [5, 5.41) is 6.73. The van der Waals surface area contributed by atoms with Crippen LogP contribution in [0.2, 0.25) is 0 Å². The second-order valence-electron chi connectivity index (χ2n) is 8.28. The molecule has 3 rings (SSSR count). The Kier molecular flexibility index (Phi) is 8.45. The predicted octanol–water partition coefficient (Wildman–Crippen LogP) is 2.42. The van der Waals surface area contributed by atoms with Gasteiger partial charge in [0.2, 0.25) is 5.91 Å². The number of nitrogens with zero attached hydrogens (tertiary/aromatic N) is 1. The first-order chi connectivity index (χ1) is 14.0. The van der Waals surface area contributed by atoms with Gasteiger partial charge in [-0.15, -0.1) is 0 Å². The largest absolute Gasteiger partial charge is 0.354 e. The Morgan fingerprint density at radius 1 is 1.24 bits per heavy atom. The molecule has 0 bridgehead atoms. The maximum Gasteiger partial charge on any atom is 0.234 e.